The topological polar surface area (TPSA) is 660 Å². The molecule has 0 saturated heterocycles. The molecule has 10 aromatic carbocycles. The number of carboxylic acids is 5. The molecule has 18 N–H and O–H groups in total. The Kier molecular flexibility index (Phi) is 29.0. The fraction of sp³-hybridized carbons (Fsp3) is 0.118. The van der Waals surface area contributed by atoms with E-state index in [0.717, 1.165) is 39.4 Å². The Labute approximate surface area is 819 Å². The van der Waals surface area contributed by atoms with Gasteiger partial charge in [-0.05, 0) is 218 Å². The highest BCUT2D eigenvalue weighted by Gasteiger charge is 2.25. The molecule has 0 amide bonds. The number of benzene rings is 10. The highest BCUT2D eigenvalue weighted by Crippen LogP contribution is 2.41. The second-order valence-electron chi connectivity index (χ2n) is 31.5. The lowest BCUT2D eigenvalue weighted by Gasteiger charge is -2.13. The third-order valence-corrected chi connectivity index (χ3v) is 22.4. The molecule has 44 heteroatoms. The highest BCUT2D eigenvalue weighted by atomic mass is 19.1. The van der Waals surface area contributed by atoms with Gasteiger partial charge in [-0.25, -0.2) is 78.2 Å². The number of imidazole rings is 5. The van der Waals surface area contributed by atoms with Crippen LogP contribution in [0.3, 0.4) is 0 Å². The minimum Gasteiger partial charge on any atom is -0.507 e. The van der Waals surface area contributed by atoms with Crippen molar-refractivity contribution < 1.29 is 87.4 Å². The molecule has 146 heavy (non-hydrogen) atoms. The van der Waals surface area contributed by atoms with Crippen LogP contribution < -0.4 is 62.0 Å². The van der Waals surface area contributed by atoms with E-state index in [1.54, 1.807) is 104 Å². The van der Waals surface area contributed by atoms with Crippen molar-refractivity contribution >= 4 is 91.4 Å². The number of anilines is 1. The number of nitrogens with zero attached hydrogens (tertiary/aromatic N) is 10. The first-order chi connectivity index (χ1) is 70.4. The van der Waals surface area contributed by atoms with Gasteiger partial charge < -0.3 is 115 Å². The zero-order valence-electron chi connectivity index (χ0n) is 77.9. The molecule has 10 heterocycles. The molecule has 0 spiro atoms. The van der Waals surface area contributed by atoms with E-state index in [1.165, 1.54) is 75.1 Å². The fourth-order valence-electron chi connectivity index (χ4n) is 15.5. The molecule has 0 aliphatic heterocycles. The number of fused-ring (bicyclic) bond motifs is 5. The fourth-order valence-corrected chi connectivity index (χ4v) is 15.5. The molecule has 736 valence electrons. The van der Waals surface area contributed by atoms with Crippen LogP contribution in [0.2, 0.25) is 0 Å². The Morgan fingerprint density at radius 3 is 0.788 bits per heavy atom. The Balaban J connectivity index is 0.000000131. The molecule has 0 fully saturated rings. The van der Waals surface area contributed by atoms with Crippen LogP contribution in [0.5, 0.6) is 40.2 Å². The number of aromatic hydroxyl groups is 1. The van der Waals surface area contributed by atoms with Crippen molar-refractivity contribution in [2.75, 3.05) is 45.9 Å². The number of halogens is 1. The van der Waals surface area contributed by atoms with Gasteiger partial charge in [0, 0.05) is 5.69 Å². The average Bonchev–Trinajstić information content (AvgIpc) is 1.33. The maximum atomic E-state index is 14.1. The van der Waals surface area contributed by atoms with Gasteiger partial charge in [0.1, 0.15) is 86.3 Å². The molecule has 0 aliphatic rings. The quantitative estimate of drug-likeness (QED) is 0.0224. The number of aromatic carboxylic acids is 5. The van der Waals surface area contributed by atoms with E-state index in [2.05, 4.69) is 99.7 Å². The van der Waals surface area contributed by atoms with Gasteiger partial charge >= 0.3 is 29.8 Å². The first kappa shape index (κ1) is 98.7. The Morgan fingerprint density at radius 1 is 0.301 bits per heavy atom. The Morgan fingerprint density at radius 2 is 0.534 bits per heavy atom. The van der Waals surface area contributed by atoms with E-state index in [-0.39, 0.29) is 89.7 Å². The van der Waals surface area contributed by atoms with Gasteiger partial charge in [-0.15, -0.1) is 0 Å². The highest BCUT2D eigenvalue weighted by molar-refractivity contribution is 5.97. The average molecular weight is 1970 g/mol. The number of phenols is 1. The number of carboxylic acid groups (broad SMARTS) is 5. The molecule has 0 unspecified atom stereocenters. The van der Waals surface area contributed by atoms with Crippen LogP contribution in [0, 0.1) is 12.7 Å². The van der Waals surface area contributed by atoms with Crippen molar-refractivity contribution in [2.24, 2.45) is 0 Å². The Hall–Kier alpha value is -20.4. The number of aromatic amines is 10. The van der Waals surface area contributed by atoms with E-state index < -0.39 is 41.2 Å². The first-order valence-corrected chi connectivity index (χ1v) is 44.4. The molecule has 43 nitrogen and oxygen atoms in total. The lowest BCUT2D eigenvalue weighted by Crippen LogP contribution is -2.10. The summed E-state index contributed by atoms with van der Waals surface area (Å²) in [4.78, 5) is 187. The van der Waals surface area contributed by atoms with Crippen molar-refractivity contribution in [2.45, 2.75) is 41.5 Å². The summed E-state index contributed by atoms with van der Waals surface area (Å²) in [5.41, 5.74) is 18.1. The summed E-state index contributed by atoms with van der Waals surface area (Å²) in [6.07, 6.45) is 7.03. The maximum Gasteiger partial charge on any atom is 0.339 e. The minimum atomic E-state index is -1.33. The summed E-state index contributed by atoms with van der Waals surface area (Å²) in [7, 11) is 1.42. The van der Waals surface area contributed by atoms with Gasteiger partial charge in [0.2, 0.25) is 0 Å². The number of rotatable bonds is 26. The predicted molar refractivity (Wildman–Crippen MR) is 535 cm³/mol. The lowest BCUT2D eigenvalue weighted by atomic mass is 9.98. The summed E-state index contributed by atoms with van der Waals surface area (Å²) in [6, 6.07) is 49.7. The Bertz CT molecular complexity index is 8010. The van der Waals surface area contributed by atoms with E-state index in [0.29, 0.717) is 180 Å². The molecule has 0 atom stereocenters. The van der Waals surface area contributed by atoms with Gasteiger partial charge in [-0.1, -0.05) is 66.7 Å². The van der Waals surface area contributed by atoms with Crippen LogP contribution in [0.25, 0.3) is 168 Å². The number of aromatic nitrogens is 20. The van der Waals surface area contributed by atoms with Crippen LogP contribution in [0.15, 0.2) is 238 Å². The van der Waals surface area contributed by atoms with Crippen molar-refractivity contribution in [3.8, 4) is 153 Å². The van der Waals surface area contributed by atoms with Crippen molar-refractivity contribution in [3.05, 3.63) is 305 Å². The molecule has 0 radical (unpaired) electrons. The molecule has 20 rings (SSSR count). The first-order valence-electron chi connectivity index (χ1n) is 44.4. The predicted octanol–water partition coefficient (Wildman–Crippen LogP) is 15.1. The number of hydrogen-bond donors (Lipinski definition) is 17. The normalized spacial score (nSPS) is 10.9. The molecule has 10 aromatic heterocycles. The van der Waals surface area contributed by atoms with Crippen molar-refractivity contribution in [3.63, 3.8) is 0 Å². The number of nitrogens with two attached hydrogens (primary N) is 1. The third kappa shape index (κ3) is 21.1. The lowest BCUT2D eigenvalue weighted by molar-refractivity contribution is 0.0681. The van der Waals surface area contributed by atoms with E-state index >= 15 is 0 Å². The number of methoxy groups -OCH3 is 1. The summed E-state index contributed by atoms with van der Waals surface area (Å²) >= 11 is 0. The summed E-state index contributed by atoms with van der Waals surface area (Å²) in [5, 5.41) is 55.7. The van der Waals surface area contributed by atoms with E-state index in [1.807, 2.05) is 77.1 Å². The van der Waals surface area contributed by atoms with Gasteiger partial charge in [-0.2, -0.15) is 0 Å². The SMILES string of the molecule is CCOc1cc(-c2ccc(C(=O)O)c(C)c2)ccc1-c1nc2nc[nH]c2c(=O)[nH]1.CCOc1cc(-c2ccc(C(=O)O)c(F)c2)ccc1-c1nc2nc[nH]c2c(=O)[nH]1.CCOc1cc(-c2ccc(C(=O)O)c(N)c2)ccc1-c1nc2nc[nH]c2c(=O)[nH]1.CCOc1cc(-c2ccc(C(=O)O)c(O)c2)ccc1-c1nc2nc[nH]c2c(=O)[nH]1.CCOc1cc(-c2ccc(C(=O)O)c(OC)c2)ccc1-c1nc2nc[nH]c2c(=O)[nH]1. The number of hydrogen-bond acceptors (Lipinski definition) is 28. The van der Waals surface area contributed by atoms with Crippen molar-refractivity contribution in [1.82, 2.24) is 99.7 Å². The number of carbonyl (C=O) groups is 5. The van der Waals surface area contributed by atoms with Crippen LogP contribution in [-0.4, -0.2) is 200 Å². The molecule has 0 saturated carbocycles. The number of nitrogens with one attached hydrogen (secondary N) is 10. The summed E-state index contributed by atoms with van der Waals surface area (Å²) in [6.45, 7) is 13.0. The smallest absolute Gasteiger partial charge is 0.339 e. The molecule has 0 aliphatic carbocycles. The van der Waals surface area contributed by atoms with Gasteiger partial charge in [-0.3, -0.25) is 24.0 Å². The van der Waals surface area contributed by atoms with Gasteiger partial charge in [0.05, 0.1) is 116 Å². The third-order valence-electron chi connectivity index (χ3n) is 22.4. The molecule has 20 aromatic rings. The molecular weight excluding hydrogens is 1890 g/mol. The van der Waals surface area contributed by atoms with Crippen LogP contribution >= 0.6 is 0 Å². The number of H-pyrrole nitrogens is 10. The maximum absolute atomic E-state index is 14.1. The standard InChI is InChI=1S/C21H18N4O5.C21H18N4O4.C20H15FN4O4.C20H17N5O4.C20H16N4O5/c1-3-30-16-9-12(11-5-7-14(21(27)28)15(8-11)29-2)4-6-13(16)18-24-19-17(20(26)25-18)22-10-23-19;1-3-29-16-9-13(12-4-6-14(21(27)28)11(2)8-12)5-7-15(16)18-24-19-17(20(26)25-18)22-10-23-19;2*1-2-29-15-8-11(10-3-5-12(20(27)28)14(21)7-10)4-6-13(15)17-24-18-16(19(26)25-17)22-9-23-18;1-2-29-15-8-11(10-3-5-12(20(27)28)14(25)7-10)4-6-13(15)17-23-18-16(19(26)24-17)21-9-22-18/h4-10H,3H2,1-2H3,(H,27,28)(H2,22,23,24,25,26);4-10H,3H2,1-2H3,(H,27,28)(H2,22,23,24,25,26);3-9H,2H2,1H3,(H,27,28)(H2,22,23,24,25,26);3-9H,2,21H2,1H3,(H,27,28)(H2,22,23,24,25,26);3-9,25H,2H2,1H3,(H,27,28)(H2,21,22,23,24,26). The summed E-state index contributed by atoms with van der Waals surface area (Å²) in [5.74, 6) is -2.37. The second kappa shape index (κ2) is 42.9. The minimum absolute atomic E-state index is 0.0458. The monoisotopic (exact) mass is 1970 g/mol. The number of aryl methyl sites for hydroxylation is 1. The van der Waals surface area contributed by atoms with Crippen LogP contribution in [0.1, 0.15) is 92.0 Å². The molecule has 0 bridgehead atoms. The second-order valence-corrected chi connectivity index (χ2v) is 31.5. The zero-order chi connectivity index (χ0) is 103. The van der Waals surface area contributed by atoms with Crippen molar-refractivity contribution in [1.29, 1.82) is 0 Å². The van der Waals surface area contributed by atoms with Gasteiger partial charge in [0.15, 0.2) is 55.8 Å². The van der Waals surface area contributed by atoms with Crippen LogP contribution in [0.4, 0.5) is 10.1 Å². The van der Waals surface area contributed by atoms with E-state index in [9.17, 15) is 67.7 Å². The summed E-state index contributed by atoms with van der Waals surface area (Å²) < 4.78 is 48.1. The molecular formula is C102H84FN21O22. The number of ether oxygens (including phenoxy) is 6. The van der Waals surface area contributed by atoms with Gasteiger partial charge in [0.25, 0.3) is 27.8 Å². The number of nitrogen functional groups attached to an aromatic ring is 1. The van der Waals surface area contributed by atoms with Crippen LogP contribution in [-0.2, 0) is 0 Å². The van der Waals surface area contributed by atoms with E-state index in [4.69, 9.17) is 49.5 Å². The largest absolute Gasteiger partial charge is 0.507 e. The zero-order valence-corrected chi connectivity index (χ0v) is 77.9.